The molecule has 1 fully saturated rings. The molecule has 122 valence electrons. The van der Waals surface area contributed by atoms with Crippen LogP contribution in [0.5, 0.6) is 0 Å². The quantitative estimate of drug-likeness (QED) is 0.782. The number of hydrogen-bond acceptors (Lipinski definition) is 5. The van der Waals surface area contributed by atoms with Gasteiger partial charge in [-0.05, 0) is 29.6 Å². The molecular weight excluding hydrogens is 293 g/mol. The molecule has 0 unspecified atom stereocenters. The molecule has 0 aliphatic carbocycles. The minimum Gasteiger partial charge on any atom is -0.495 e. The van der Waals surface area contributed by atoms with E-state index >= 15 is 0 Å². The molecular formula is C17H22BNO4. The minimum absolute atomic E-state index is 0.0692. The summed E-state index contributed by atoms with van der Waals surface area (Å²) in [6.07, 6.45) is 1.78. The molecule has 1 aliphatic heterocycles. The van der Waals surface area contributed by atoms with Crippen molar-refractivity contribution in [2.75, 3.05) is 20.1 Å². The molecule has 0 saturated carbocycles. The summed E-state index contributed by atoms with van der Waals surface area (Å²) in [5.74, 6) is 0.739. The first-order valence-corrected chi connectivity index (χ1v) is 7.60. The molecule has 6 heteroatoms. The zero-order chi connectivity index (χ0) is 17.0. The van der Waals surface area contributed by atoms with E-state index in [0.717, 1.165) is 5.56 Å². The monoisotopic (exact) mass is 315 g/mol. The number of hydrogen-bond donors (Lipinski definition) is 0. The highest BCUT2D eigenvalue weighted by Crippen LogP contribution is 2.22. The second kappa shape index (κ2) is 7.00. The van der Waals surface area contributed by atoms with Crippen molar-refractivity contribution >= 4 is 25.1 Å². The van der Waals surface area contributed by atoms with Crippen LogP contribution in [0.2, 0.25) is 0 Å². The molecule has 1 heterocycles. The third-order valence-corrected chi connectivity index (χ3v) is 3.52. The molecule has 5 nitrogen and oxygen atoms in total. The summed E-state index contributed by atoms with van der Waals surface area (Å²) in [5, 5.41) is 0. The Hall–Kier alpha value is -2.08. The molecule has 0 spiro atoms. The van der Waals surface area contributed by atoms with Gasteiger partial charge in [0.25, 0.3) is 0 Å². The lowest BCUT2D eigenvalue weighted by Gasteiger charge is -2.21. The van der Waals surface area contributed by atoms with Crippen molar-refractivity contribution in [1.82, 2.24) is 4.90 Å². The minimum atomic E-state index is -0.981. The van der Waals surface area contributed by atoms with Crippen molar-refractivity contribution in [3.63, 3.8) is 0 Å². The first-order valence-electron chi connectivity index (χ1n) is 7.60. The maximum Gasteiger partial charge on any atom is 0.628 e. The second-order valence-corrected chi connectivity index (χ2v) is 6.75. The van der Waals surface area contributed by atoms with Crippen LogP contribution < -0.4 is 0 Å². The Labute approximate surface area is 137 Å². The summed E-state index contributed by atoms with van der Waals surface area (Å²) in [4.78, 5) is 24.8. The van der Waals surface area contributed by atoms with E-state index in [1.54, 1.807) is 24.0 Å². The predicted octanol–water partition coefficient (Wildman–Crippen LogP) is 2.06. The van der Waals surface area contributed by atoms with E-state index in [9.17, 15) is 9.59 Å². The summed E-state index contributed by atoms with van der Waals surface area (Å²) < 4.78 is 10.2. The first kappa shape index (κ1) is 17.3. The van der Waals surface area contributed by atoms with Crippen molar-refractivity contribution in [2.45, 2.75) is 26.2 Å². The Morgan fingerprint density at radius 3 is 2.04 bits per heavy atom. The van der Waals surface area contributed by atoms with Gasteiger partial charge < -0.3 is 9.31 Å². The van der Waals surface area contributed by atoms with Crippen molar-refractivity contribution < 1.29 is 18.9 Å². The van der Waals surface area contributed by atoms with Gasteiger partial charge in [-0.3, -0.25) is 14.5 Å². The van der Waals surface area contributed by atoms with Crippen LogP contribution in [-0.4, -0.2) is 44.1 Å². The lowest BCUT2D eigenvalue weighted by Crippen LogP contribution is -2.41. The van der Waals surface area contributed by atoms with Gasteiger partial charge in [-0.1, -0.05) is 51.1 Å². The van der Waals surface area contributed by atoms with Gasteiger partial charge in [0.2, 0.25) is 0 Å². The fourth-order valence-corrected chi connectivity index (χ4v) is 2.22. The van der Waals surface area contributed by atoms with E-state index in [1.165, 1.54) is 5.56 Å². The molecule has 1 aromatic carbocycles. The van der Waals surface area contributed by atoms with Crippen LogP contribution in [0.25, 0.3) is 6.08 Å². The van der Waals surface area contributed by atoms with Crippen LogP contribution >= 0.6 is 0 Å². The number of carbonyl (C=O) groups is 2. The van der Waals surface area contributed by atoms with Gasteiger partial charge >= 0.3 is 19.1 Å². The Balaban J connectivity index is 2.06. The van der Waals surface area contributed by atoms with Gasteiger partial charge in [-0.25, -0.2) is 0 Å². The Morgan fingerprint density at radius 1 is 1.04 bits per heavy atom. The molecule has 1 aromatic rings. The fourth-order valence-electron chi connectivity index (χ4n) is 2.22. The van der Waals surface area contributed by atoms with Gasteiger partial charge in [0.1, 0.15) is 0 Å². The van der Waals surface area contributed by atoms with Gasteiger partial charge in [-0.15, -0.1) is 0 Å². The molecule has 0 aromatic heterocycles. The number of carbonyl (C=O) groups excluding carboxylic acids is 2. The van der Waals surface area contributed by atoms with E-state index in [4.69, 9.17) is 9.31 Å². The van der Waals surface area contributed by atoms with Crippen LogP contribution in [0.1, 0.15) is 31.9 Å². The highest BCUT2D eigenvalue weighted by atomic mass is 16.6. The smallest absolute Gasteiger partial charge is 0.495 e. The third-order valence-electron chi connectivity index (χ3n) is 3.52. The Kier molecular flexibility index (Phi) is 5.26. The number of likely N-dealkylation sites (N-methyl/N-ethyl adjacent to an activating group) is 1. The molecule has 0 amide bonds. The average Bonchev–Trinajstić information content (AvgIpc) is 2.42. The summed E-state index contributed by atoms with van der Waals surface area (Å²) in [6, 6.07) is 8.09. The lowest BCUT2D eigenvalue weighted by molar-refractivity contribution is -0.145. The summed E-state index contributed by atoms with van der Waals surface area (Å²) in [7, 11) is 0.682. The van der Waals surface area contributed by atoms with Crippen molar-refractivity contribution in [3.05, 3.63) is 41.4 Å². The van der Waals surface area contributed by atoms with E-state index in [1.807, 2.05) is 12.1 Å². The molecule has 1 aliphatic rings. The number of nitrogens with zero attached hydrogens (tertiary/aromatic N) is 1. The van der Waals surface area contributed by atoms with Crippen LogP contribution in [0.15, 0.2) is 30.2 Å². The van der Waals surface area contributed by atoms with E-state index < -0.39 is 19.1 Å². The van der Waals surface area contributed by atoms with Crippen molar-refractivity contribution in [3.8, 4) is 0 Å². The van der Waals surface area contributed by atoms with Gasteiger partial charge in [-0.2, -0.15) is 0 Å². The normalized spacial score (nSPS) is 17.7. The van der Waals surface area contributed by atoms with E-state index in [2.05, 4.69) is 32.9 Å². The molecule has 0 radical (unpaired) electrons. The summed E-state index contributed by atoms with van der Waals surface area (Å²) in [6.45, 7) is 6.60. The SMILES string of the molecule is CN1CC(=O)OB(/C=C/c2ccc(C(C)(C)C)cc2)OC(=O)C1. The van der Waals surface area contributed by atoms with Crippen LogP contribution in [0, 0.1) is 0 Å². The fraction of sp³-hybridized carbons (Fsp3) is 0.412. The van der Waals surface area contributed by atoms with Crippen LogP contribution in [0.4, 0.5) is 0 Å². The third kappa shape index (κ3) is 5.25. The average molecular weight is 315 g/mol. The summed E-state index contributed by atoms with van der Waals surface area (Å²) >= 11 is 0. The van der Waals surface area contributed by atoms with Gasteiger partial charge in [0, 0.05) is 0 Å². The number of benzene rings is 1. The Bertz CT molecular complexity index is 584. The van der Waals surface area contributed by atoms with Crippen molar-refractivity contribution in [2.24, 2.45) is 0 Å². The van der Waals surface area contributed by atoms with Crippen LogP contribution in [-0.2, 0) is 24.3 Å². The topological polar surface area (TPSA) is 55.8 Å². The van der Waals surface area contributed by atoms with E-state index in [0.29, 0.717) is 0 Å². The van der Waals surface area contributed by atoms with E-state index in [-0.39, 0.29) is 18.5 Å². The number of rotatable bonds is 2. The molecule has 0 bridgehead atoms. The molecule has 2 rings (SSSR count). The molecule has 0 N–H and O–H groups in total. The van der Waals surface area contributed by atoms with Gasteiger partial charge in [0.15, 0.2) is 0 Å². The first-order chi connectivity index (χ1) is 10.7. The summed E-state index contributed by atoms with van der Waals surface area (Å²) in [5.41, 5.74) is 2.28. The highest BCUT2D eigenvalue weighted by Gasteiger charge is 2.29. The maximum atomic E-state index is 11.6. The van der Waals surface area contributed by atoms with Crippen LogP contribution in [0.3, 0.4) is 0 Å². The molecule has 23 heavy (non-hydrogen) atoms. The van der Waals surface area contributed by atoms with Crippen molar-refractivity contribution in [1.29, 1.82) is 0 Å². The second-order valence-electron chi connectivity index (χ2n) is 6.75. The predicted molar refractivity (Wildman–Crippen MR) is 89.6 cm³/mol. The van der Waals surface area contributed by atoms with Gasteiger partial charge in [0.05, 0.1) is 13.1 Å². The molecule has 0 atom stereocenters. The zero-order valence-corrected chi connectivity index (χ0v) is 14.0. The maximum absolute atomic E-state index is 11.6. The molecule has 1 saturated heterocycles. The zero-order valence-electron chi connectivity index (χ0n) is 14.0. The lowest BCUT2D eigenvalue weighted by atomic mass is 9.85. The highest BCUT2D eigenvalue weighted by molar-refractivity contribution is 6.55. The largest absolute Gasteiger partial charge is 0.628 e. The Morgan fingerprint density at radius 2 is 1.57 bits per heavy atom. The standard InChI is InChI=1S/C17H22BNO4/c1-17(2,3)14-7-5-13(6-8-14)9-10-18-22-15(20)11-19(4)12-16(21)23-18/h5-10H,11-12H2,1-4H3/b10-9+.